The van der Waals surface area contributed by atoms with Crippen molar-refractivity contribution in [1.82, 2.24) is 5.32 Å². The summed E-state index contributed by atoms with van der Waals surface area (Å²) in [5, 5.41) is 11.7. The maximum absolute atomic E-state index is 11.6. The van der Waals surface area contributed by atoms with E-state index in [0.717, 1.165) is 19.3 Å². The fourth-order valence-electron chi connectivity index (χ4n) is 2.08. The summed E-state index contributed by atoms with van der Waals surface area (Å²) in [6, 6.07) is 0.119. The second kappa shape index (κ2) is 9.78. The Bertz CT molecular complexity index is 278. The van der Waals surface area contributed by atoms with E-state index in [1.54, 1.807) is 0 Å². The molecule has 0 saturated carbocycles. The third-order valence-electron chi connectivity index (χ3n) is 2.92. The lowest BCUT2D eigenvalue weighted by Gasteiger charge is -2.17. The van der Waals surface area contributed by atoms with Crippen LogP contribution in [-0.4, -0.2) is 29.6 Å². The van der Waals surface area contributed by atoms with Crippen LogP contribution in [0.1, 0.15) is 52.9 Å². The Balaban J connectivity index is 3.95. The van der Waals surface area contributed by atoms with E-state index in [0.29, 0.717) is 18.9 Å². The maximum atomic E-state index is 11.6. The number of hydrogen-bond donors (Lipinski definition) is 3. The molecule has 19 heavy (non-hydrogen) atoms. The van der Waals surface area contributed by atoms with Crippen molar-refractivity contribution in [2.45, 2.75) is 58.9 Å². The molecule has 0 radical (unpaired) electrons. The van der Waals surface area contributed by atoms with Gasteiger partial charge in [0.05, 0.1) is 0 Å². The predicted octanol–water partition coefficient (Wildman–Crippen LogP) is 1.76. The SMILES string of the molecule is CC(C)CC(CNC(=O)CCCC(C)N)CC(=O)O. The summed E-state index contributed by atoms with van der Waals surface area (Å²) in [5.41, 5.74) is 5.61. The number of nitrogens with two attached hydrogens (primary N) is 1. The lowest BCUT2D eigenvalue weighted by atomic mass is 9.94. The van der Waals surface area contributed by atoms with E-state index in [9.17, 15) is 9.59 Å². The molecule has 0 aliphatic carbocycles. The van der Waals surface area contributed by atoms with E-state index in [2.05, 4.69) is 19.2 Å². The van der Waals surface area contributed by atoms with Gasteiger partial charge in [-0.3, -0.25) is 9.59 Å². The van der Waals surface area contributed by atoms with E-state index in [1.165, 1.54) is 0 Å². The molecule has 0 rings (SSSR count). The second-order valence-electron chi connectivity index (χ2n) is 5.77. The Morgan fingerprint density at radius 2 is 1.89 bits per heavy atom. The molecule has 0 aromatic rings. The minimum Gasteiger partial charge on any atom is -0.481 e. The van der Waals surface area contributed by atoms with Gasteiger partial charge in [0.1, 0.15) is 0 Å². The van der Waals surface area contributed by atoms with Gasteiger partial charge in [0.2, 0.25) is 5.91 Å². The highest BCUT2D eigenvalue weighted by Crippen LogP contribution is 2.14. The highest BCUT2D eigenvalue weighted by atomic mass is 16.4. The summed E-state index contributed by atoms with van der Waals surface area (Å²) in [6.45, 7) is 6.48. The van der Waals surface area contributed by atoms with Crippen molar-refractivity contribution >= 4 is 11.9 Å². The van der Waals surface area contributed by atoms with Gasteiger partial charge in [-0.15, -0.1) is 0 Å². The van der Waals surface area contributed by atoms with Crippen LogP contribution < -0.4 is 11.1 Å². The van der Waals surface area contributed by atoms with Crippen molar-refractivity contribution in [3.63, 3.8) is 0 Å². The lowest BCUT2D eigenvalue weighted by Crippen LogP contribution is -2.31. The first-order valence-corrected chi connectivity index (χ1v) is 7.05. The van der Waals surface area contributed by atoms with Crippen molar-refractivity contribution in [2.24, 2.45) is 17.6 Å². The van der Waals surface area contributed by atoms with Crippen LogP contribution in [0.3, 0.4) is 0 Å². The van der Waals surface area contributed by atoms with Crippen molar-refractivity contribution in [3.8, 4) is 0 Å². The topological polar surface area (TPSA) is 92.4 Å². The quantitative estimate of drug-likeness (QED) is 0.565. The van der Waals surface area contributed by atoms with Crippen molar-refractivity contribution < 1.29 is 14.7 Å². The van der Waals surface area contributed by atoms with E-state index < -0.39 is 5.97 Å². The number of aliphatic carboxylic acids is 1. The van der Waals surface area contributed by atoms with Gasteiger partial charge in [0, 0.05) is 25.4 Å². The van der Waals surface area contributed by atoms with Crippen LogP contribution in [0.4, 0.5) is 0 Å². The van der Waals surface area contributed by atoms with Crippen LogP contribution in [0.5, 0.6) is 0 Å². The number of carbonyl (C=O) groups is 2. The molecule has 0 heterocycles. The molecule has 5 heteroatoms. The van der Waals surface area contributed by atoms with Gasteiger partial charge in [-0.1, -0.05) is 13.8 Å². The molecule has 0 bridgehead atoms. The fourth-order valence-corrected chi connectivity index (χ4v) is 2.08. The van der Waals surface area contributed by atoms with Crippen LogP contribution in [0.25, 0.3) is 0 Å². The molecule has 2 atom stereocenters. The number of hydrogen-bond acceptors (Lipinski definition) is 3. The highest BCUT2D eigenvalue weighted by molar-refractivity contribution is 5.75. The molecule has 1 amide bonds. The van der Waals surface area contributed by atoms with Crippen LogP contribution >= 0.6 is 0 Å². The molecule has 4 N–H and O–H groups in total. The average Bonchev–Trinajstić information content (AvgIpc) is 2.23. The Kier molecular flexibility index (Phi) is 9.21. The lowest BCUT2D eigenvalue weighted by molar-refractivity contribution is -0.138. The first kappa shape index (κ1) is 17.9. The molecular weight excluding hydrogens is 244 g/mol. The predicted molar refractivity (Wildman–Crippen MR) is 75.7 cm³/mol. The Labute approximate surface area is 115 Å². The number of amides is 1. The van der Waals surface area contributed by atoms with Crippen molar-refractivity contribution in [3.05, 3.63) is 0 Å². The average molecular weight is 272 g/mol. The van der Waals surface area contributed by atoms with Gasteiger partial charge < -0.3 is 16.2 Å². The molecule has 0 spiro atoms. The van der Waals surface area contributed by atoms with Crippen molar-refractivity contribution in [1.29, 1.82) is 0 Å². The Morgan fingerprint density at radius 1 is 1.26 bits per heavy atom. The third-order valence-corrected chi connectivity index (χ3v) is 2.92. The minimum absolute atomic E-state index is 0.00915. The molecule has 0 aliphatic heterocycles. The normalized spacial score (nSPS) is 14.2. The van der Waals surface area contributed by atoms with Gasteiger partial charge in [-0.05, 0) is 38.0 Å². The zero-order valence-corrected chi connectivity index (χ0v) is 12.3. The summed E-state index contributed by atoms with van der Waals surface area (Å²) in [4.78, 5) is 22.4. The standard InChI is InChI=1S/C14H28N2O3/c1-10(2)7-12(8-14(18)19)9-16-13(17)6-4-5-11(3)15/h10-12H,4-9,15H2,1-3H3,(H,16,17)(H,18,19). The van der Waals surface area contributed by atoms with Crippen LogP contribution in [0, 0.1) is 11.8 Å². The Hall–Kier alpha value is -1.10. The minimum atomic E-state index is -0.808. The van der Waals surface area contributed by atoms with Crippen molar-refractivity contribution in [2.75, 3.05) is 6.54 Å². The molecule has 0 fully saturated rings. The van der Waals surface area contributed by atoms with E-state index in [4.69, 9.17) is 10.8 Å². The summed E-state index contributed by atoms with van der Waals surface area (Å²) in [6.07, 6.45) is 2.99. The summed E-state index contributed by atoms with van der Waals surface area (Å²) in [5.74, 6) is -0.383. The van der Waals surface area contributed by atoms with Gasteiger partial charge in [-0.2, -0.15) is 0 Å². The monoisotopic (exact) mass is 272 g/mol. The Morgan fingerprint density at radius 3 is 2.37 bits per heavy atom. The number of rotatable bonds is 10. The fraction of sp³-hybridized carbons (Fsp3) is 0.857. The third kappa shape index (κ3) is 11.7. The number of carboxylic acid groups (broad SMARTS) is 1. The number of carboxylic acids is 1. The summed E-state index contributed by atoms with van der Waals surface area (Å²) >= 11 is 0. The van der Waals surface area contributed by atoms with Crippen LogP contribution in [-0.2, 0) is 9.59 Å². The second-order valence-corrected chi connectivity index (χ2v) is 5.77. The summed E-state index contributed by atoms with van der Waals surface area (Å²) in [7, 11) is 0. The molecule has 0 saturated heterocycles. The number of carbonyl (C=O) groups excluding carboxylic acids is 1. The van der Waals surface area contributed by atoms with E-state index in [1.807, 2.05) is 6.92 Å². The number of nitrogens with one attached hydrogen (secondary N) is 1. The molecule has 112 valence electrons. The zero-order valence-electron chi connectivity index (χ0n) is 12.3. The maximum Gasteiger partial charge on any atom is 0.303 e. The first-order chi connectivity index (χ1) is 8.81. The largest absolute Gasteiger partial charge is 0.481 e. The molecule has 0 aliphatic rings. The zero-order chi connectivity index (χ0) is 14.8. The van der Waals surface area contributed by atoms with Gasteiger partial charge in [0.15, 0.2) is 0 Å². The van der Waals surface area contributed by atoms with Gasteiger partial charge >= 0.3 is 5.97 Å². The molecule has 5 nitrogen and oxygen atoms in total. The molecular formula is C14H28N2O3. The van der Waals surface area contributed by atoms with Crippen LogP contribution in [0.2, 0.25) is 0 Å². The molecule has 0 aromatic heterocycles. The summed E-state index contributed by atoms with van der Waals surface area (Å²) < 4.78 is 0. The first-order valence-electron chi connectivity index (χ1n) is 7.05. The highest BCUT2D eigenvalue weighted by Gasteiger charge is 2.15. The molecule has 0 aromatic carbocycles. The smallest absolute Gasteiger partial charge is 0.303 e. The van der Waals surface area contributed by atoms with Gasteiger partial charge in [0.25, 0.3) is 0 Å². The molecule has 2 unspecified atom stereocenters. The van der Waals surface area contributed by atoms with Crippen LogP contribution in [0.15, 0.2) is 0 Å². The van der Waals surface area contributed by atoms with E-state index >= 15 is 0 Å². The van der Waals surface area contributed by atoms with Gasteiger partial charge in [-0.25, -0.2) is 0 Å². The van der Waals surface area contributed by atoms with E-state index in [-0.39, 0.29) is 24.3 Å².